The standard InChI is InChI=1S/C29H22Cl2N2O7S/c1-14-25(28(36)38-4)26(16-5-9-22(39-15(2)34)23(11-16)37-3)33-27(35)24(41-29(33)32-14)13-18-7-10-21(40-18)19-12-17(30)6-8-20(19)31/h5-13,26H,1-4H3/b24-13+. The molecule has 0 N–H and O–H groups in total. The lowest BCUT2D eigenvalue weighted by Crippen LogP contribution is -2.39. The van der Waals surface area contributed by atoms with E-state index in [0.717, 1.165) is 11.3 Å². The Balaban J connectivity index is 1.65. The zero-order valence-corrected chi connectivity index (χ0v) is 24.5. The van der Waals surface area contributed by atoms with E-state index in [1.54, 1.807) is 61.5 Å². The number of methoxy groups -OCH3 is 2. The Morgan fingerprint density at radius 1 is 1.07 bits per heavy atom. The van der Waals surface area contributed by atoms with Crippen LogP contribution in [0.25, 0.3) is 17.4 Å². The molecule has 1 aliphatic rings. The molecular formula is C29H22Cl2N2O7S. The van der Waals surface area contributed by atoms with Crippen molar-refractivity contribution in [1.82, 2.24) is 4.57 Å². The zero-order valence-electron chi connectivity index (χ0n) is 22.2. The number of thiazole rings is 1. The maximum Gasteiger partial charge on any atom is 0.338 e. The number of furan rings is 1. The lowest BCUT2D eigenvalue weighted by molar-refractivity contribution is -0.136. The Bertz CT molecular complexity index is 1920. The van der Waals surface area contributed by atoms with E-state index in [9.17, 15) is 14.4 Å². The van der Waals surface area contributed by atoms with Crippen molar-refractivity contribution in [3.05, 3.63) is 101 Å². The van der Waals surface area contributed by atoms with Gasteiger partial charge < -0.3 is 18.6 Å². The minimum Gasteiger partial charge on any atom is -0.493 e. The Labute approximate surface area is 247 Å². The predicted octanol–water partition coefficient (Wildman–Crippen LogP) is 4.91. The van der Waals surface area contributed by atoms with E-state index >= 15 is 0 Å². The first-order chi connectivity index (χ1) is 19.6. The van der Waals surface area contributed by atoms with E-state index < -0.39 is 23.5 Å². The summed E-state index contributed by atoms with van der Waals surface area (Å²) in [5, 5.41) is 0.973. The number of hydrogen-bond acceptors (Lipinski definition) is 9. The molecule has 0 fully saturated rings. The quantitative estimate of drug-likeness (QED) is 0.225. The van der Waals surface area contributed by atoms with Gasteiger partial charge in [-0.25, -0.2) is 9.79 Å². The third kappa shape index (κ3) is 5.46. The SMILES string of the molecule is COC(=O)C1=C(C)N=c2s/c(=C/c3ccc(-c4cc(Cl)ccc4Cl)o3)c(=O)n2C1c1ccc(OC(C)=O)c(OC)c1. The summed E-state index contributed by atoms with van der Waals surface area (Å²) in [6, 6.07) is 12.4. The van der Waals surface area contributed by atoms with Gasteiger partial charge >= 0.3 is 11.9 Å². The van der Waals surface area contributed by atoms with Crippen molar-refractivity contribution in [3.63, 3.8) is 0 Å². The van der Waals surface area contributed by atoms with Crippen LogP contribution in [0.3, 0.4) is 0 Å². The highest BCUT2D eigenvalue weighted by Gasteiger charge is 2.33. The summed E-state index contributed by atoms with van der Waals surface area (Å²) >= 11 is 13.6. The van der Waals surface area contributed by atoms with E-state index in [-0.39, 0.29) is 17.1 Å². The number of carbonyl (C=O) groups is 2. The van der Waals surface area contributed by atoms with Crippen LogP contribution in [0.5, 0.6) is 11.5 Å². The molecule has 1 aliphatic heterocycles. The topological polar surface area (TPSA) is 109 Å². The van der Waals surface area contributed by atoms with Crippen molar-refractivity contribution < 1.29 is 28.2 Å². The van der Waals surface area contributed by atoms with Crippen LogP contribution < -0.4 is 24.4 Å². The third-order valence-corrected chi connectivity index (χ3v) is 7.83. The van der Waals surface area contributed by atoms with Gasteiger partial charge in [-0.05, 0) is 55.0 Å². The van der Waals surface area contributed by atoms with Gasteiger partial charge in [-0.2, -0.15) is 0 Å². The maximum atomic E-state index is 13.8. The predicted molar refractivity (Wildman–Crippen MR) is 154 cm³/mol. The van der Waals surface area contributed by atoms with E-state index in [0.29, 0.717) is 47.7 Å². The van der Waals surface area contributed by atoms with E-state index in [1.165, 1.54) is 25.7 Å². The number of ether oxygens (including phenoxy) is 3. The molecule has 0 aliphatic carbocycles. The Morgan fingerprint density at radius 2 is 1.85 bits per heavy atom. The Kier molecular flexibility index (Phi) is 7.90. The average molecular weight is 613 g/mol. The summed E-state index contributed by atoms with van der Waals surface area (Å²) in [4.78, 5) is 43.2. The fraction of sp³-hybridized carbons (Fsp3) is 0.172. The number of carbonyl (C=O) groups excluding carboxylic acids is 2. The number of esters is 2. The number of nitrogens with zero attached hydrogens (tertiary/aromatic N) is 2. The summed E-state index contributed by atoms with van der Waals surface area (Å²) in [6.07, 6.45) is 1.60. The van der Waals surface area contributed by atoms with Gasteiger partial charge in [-0.15, -0.1) is 0 Å². The van der Waals surface area contributed by atoms with Gasteiger partial charge in [0, 0.05) is 23.6 Å². The van der Waals surface area contributed by atoms with Crippen molar-refractivity contribution in [2.45, 2.75) is 19.9 Å². The number of benzene rings is 2. The van der Waals surface area contributed by atoms with Crippen molar-refractivity contribution in [2.75, 3.05) is 14.2 Å². The lowest BCUT2D eigenvalue weighted by Gasteiger charge is -2.25. The zero-order chi connectivity index (χ0) is 29.4. The number of aromatic nitrogens is 1. The van der Waals surface area contributed by atoms with E-state index in [2.05, 4.69) is 4.99 Å². The molecule has 0 amide bonds. The molecule has 2 aromatic heterocycles. The van der Waals surface area contributed by atoms with E-state index in [1.807, 2.05) is 0 Å². The summed E-state index contributed by atoms with van der Waals surface area (Å²) in [7, 11) is 2.68. The van der Waals surface area contributed by atoms with Crippen LogP contribution in [0.2, 0.25) is 10.0 Å². The first-order valence-electron chi connectivity index (χ1n) is 12.1. The molecule has 12 heteroatoms. The third-order valence-electron chi connectivity index (χ3n) is 6.28. The van der Waals surface area contributed by atoms with Crippen LogP contribution >= 0.6 is 34.5 Å². The summed E-state index contributed by atoms with van der Waals surface area (Å²) in [6.45, 7) is 2.95. The first-order valence-corrected chi connectivity index (χ1v) is 13.7. The number of allylic oxidation sites excluding steroid dienone is 1. The monoisotopic (exact) mass is 612 g/mol. The summed E-state index contributed by atoms with van der Waals surface area (Å²) in [5.41, 5.74) is 1.33. The van der Waals surface area contributed by atoms with Gasteiger partial charge in [0.05, 0.1) is 41.1 Å². The molecule has 0 bridgehead atoms. The summed E-state index contributed by atoms with van der Waals surface area (Å²) in [5.74, 6) is 0.190. The number of rotatable bonds is 6. The molecule has 5 rings (SSSR count). The molecule has 1 atom stereocenters. The van der Waals surface area contributed by atoms with Crippen molar-refractivity contribution in [2.24, 2.45) is 4.99 Å². The fourth-order valence-corrected chi connectivity index (χ4v) is 5.90. The molecule has 1 unspecified atom stereocenters. The van der Waals surface area contributed by atoms with Crippen molar-refractivity contribution in [3.8, 4) is 22.8 Å². The van der Waals surface area contributed by atoms with Crippen LogP contribution in [-0.2, 0) is 14.3 Å². The van der Waals surface area contributed by atoms with Gasteiger partial charge in [0.25, 0.3) is 5.56 Å². The highest BCUT2D eigenvalue weighted by molar-refractivity contribution is 7.07. The molecule has 3 heterocycles. The van der Waals surface area contributed by atoms with Gasteiger partial charge in [-0.3, -0.25) is 14.2 Å². The van der Waals surface area contributed by atoms with Gasteiger partial charge in [-0.1, -0.05) is 40.6 Å². The minimum atomic E-state index is -0.890. The number of hydrogen-bond donors (Lipinski definition) is 0. The lowest BCUT2D eigenvalue weighted by atomic mass is 9.95. The second kappa shape index (κ2) is 11.4. The van der Waals surface area contributed by atoms with Gasteiger partial charge in [0.1, 0.15) is 11.5 Å². The molecule has 0 saturated heterocycles. The second-order valence-electron chi connectivity index (χ2n) is 8.90. The van der Waals surface area contributed by atoms with Crippen LogP contribution in [0, 0.1) is 0 Å². The normalized spacial score (nSPS) is 14.9. The molecule has 0 radical (unpaired) electrons. The molecule has 41 heavy (non-hydrogen) atoms. The van der Waals surface area contributed by atoms with Crippen molar-refractivity contribution >= 4 is 52.6 Å². The largest absolute Gasteiger partial charge is 0.493 e. The first kappa shape index (κ1) is 28.4. The molecule has 210 valence electrons. The van der Waals surface area contributed by atoms with E-state index in [4.69, 9.17) is 41.8 Å². The Morgan fingerprint density at radius 3 is 2.56 bits per heavy atom. The fourth-order valence-electron chi connectivity index (χ4n) is 4.49. The Hall–Kier alpha value is -4.12. The number of halogens is 2. The molecular weight excluding hydrogens is 591 g/mol. The smallest absolute Gasteiger partial charge is 0.338 e. The van der Waals surface area contributed by atoms with Crippen LogP contribution in [0.4, 0.5) is 0 Å². The molecule has 2 aromatic carbocycles. The molecule has 4 aromatic rings. The van der Waals surface area contributed by atoms with Crippen molar-refractivity contribution in [1.29, 1.82) is 0 Å². The van der Waals surface area contributed by atoms with Gasteiger partial charge in [0.15, 0.2) is 16.3 Å². The van der Waals surface area contributed by atoms with Crippen LogP contribution in [0.1, 0.15) is 31.2 Å². The minimum absolute atomic E-state index is 0.185. The molecule has 0 saturated carbocycles. The van der Waals surface area contributed by atoms with Crippen LogP contribution in [-0.4, -0.2) is 30.7 Å². The highest BCUT2D eigenvalue weighted by atomic mass is 35.5. The average Bonchev–Trinajstić information content (AvgIpc) is 3.53. The highest BCUT2D eigenvalue weighted by Crippen LogP contribution is 2.36. The number of fused-ring (bicyclic) bond motifs is 1. The summed E-state index contributed by atoms with van der Waals surface area (Å²) < 4.78 is 23.4. The van der Waals surface area contributed by atoms with Crippen LogP contribution in [0.15, 0.2) is 74.0 Å². The second-order valence-corrected chi connectivity index (χ2v) is 10.8. The maximum absolute atomic E-state index is 13.8. The molecule has 0 spiro atoms. The molecule has 9 nitrogen and oxygen atoms in total. The van der Waals surface area contributed by atoms with Gasteiger partial charge in [0.2, 0.25) is 0 Å².